The van der Waals surface area contributed by atoms with Crippen molar-refractivity contribution in [3.63, 3.8) is 0 Å². The molecule has 0 aliphatic heterocycles. The van der Waals surface area contributed by atoms with E-state index >= 15 is 0 Å². The standard InChI is InChI=1S/C16H17FN2OS/c1-11(19-9-15-7-12(8-18)10-21-15)6-16(20)13-2-4-14(17)5-3-13/h2-5,7,10-11,16,19-20H,6,9H2,1H3. The molecule has 0 radical (unpaired) electrons. The van der Waals surface area contributed by atoms with Crippen molar-refractivity contribution in [3.05, 3.63) is 57.5 Å². The molecule has 0 aliphatic rings. The third kappa shape index (κ3) is 4.64. The van der Waals surface area contributed by atoms with E-state index in [0.29, 0.717) is 24.1 Å². The number of rotatable bonds is 6. The maximum Gasteiger partial charge on any atom is 0.123 e. The van der Waals surface area contributed by atoms with Crippen LogP contribution in [0.5, 0.6) is 0 Å². The molecule has 0 spiro atoms. The van der Waals surface area contributed by atoms with Crippen molar-refractivity contribution < 1.29 is 9.50 Å². The molecule has 0 saturated heterocycles. The molecule has 21 heavy (non-hydrogen) atoms. The van der Waals surface area contributed by atoms with Gasteiger partial charge < -0.3 is 10.4 Å². The van der Waals surface area contributed by atoms with E-state index in [1.807, 2.05) is 18.4 Å². The maximum atomic E-state index is 12.8. The average Bonchev–Trinajstić information content (AvgIpc) is 2.94. The molecular weight excluding hydrogens is 287 g/mol. The van der Waals surface area contributed by atoms with Crippen molar-refractivity contribution in [2.24, 2.45) is 0 Å². The van der Waals surface area contributed by atoms with Crippen molar-refractivity contribution in [2.45, 2.75) is 32.0 Å². The van der Waals surface area contributed by atoms with Gasteiger partial charge in [0.05, 0.1) is 11.7 Å². The SMILES string of the molecule is CC(CC(O)c1ccc(F)cc1)NCc1cc(C#N)cs1. The Hall–Kier alpha value is -1.74. The molecule has 1 aromatic heterocycles. The molecule has 0 bridgehead atoms. The second-order valence-electron chi connectivity index (χ2n) is 5.00. The normalized spacial score (nSPS) is 13.6. The zero-order valence-electron chi connectivity index (χ0n) is 11.7. The van der Waals surface area contributed by atoms with Gasteiger partial charge >= 0.3 is 0 Å². The number of nitriles is 1. The van der Waals surface area contributed by atoms with Crippen LogP contribution < -0.4 is 5.32 Å². The van der Waals surface area contributed by atoms with E-state index < -0.39 is 6.10 Å². The first kappa shape index (κ1) is 15.6. The molecule has 0 saturated carbocycles. The number of thiophene rings is 1. The molecule has 3 nitrogen and oxygen atoms in total. The molecular formula is C16H17FN2OS. The Labute approximate surface area is 127 Å². The molecule has 0 fully saturated rings. The third-order valence-corrected chi connectivity index (χ3v) is 4.18. The largest absolute Gasteiger partial charge is 0.388 e. The molecule has 0 amide bonds. The summed E-state index contributed by atoms with van der Waals surface area (Å²) in [4.78, 5) is 1.09. The van der Waals surface area contributed by atoms with Crippen molar-refractivity contribution in [3.8, 4) is 6.07 Å². The number of hydrogen-bond donors (Lipinski definition) is 2. The number of aliphatic hydroxyl groups is 1. The second kappa shape index (κ2) is 7.32. The van der Waals surface area contributed by atoms with Gasteiger partial charge in [0.15, 0.2) is 0 Å². The van der Waals surface area contributed by atoms with Crippen molar-refractivity contribution >= 4 is 11.3 Å². The highest BCUT2D eigenvalue weighted by molar-refractivity contribution is 7.10. The first-order chi connectivity index (χ1) is 10.1. The van der Waals surface area contributed by atoms with Crippen LogP contribution in [0.15, 0.2) is 35.7 Å². The predicted molar refractivity (Wildman–Crippen MR) is 81.3 cm³/mol. The summed E-state index contributed by atoms with van der Waals surface area (Å²) in [7, 11) is 0. The highest BCUT2D eigenvalue weighted by atomic mass is 32.1. The lowest BCUT2D eigenvalue weighted by Gasteiger charge is -2.18. The number of aliphatic hydroxyl groups excluding tert-OH is 1. The predicted octanol–water partition coefficient (Wildman–Crippen LogP) is 3.36. The fourth-order valence-electron chi connectivity index (χ4n) is 2.05. The van der Waals surface area contributed by atoms with E-state index in [-0.39, 0.29) is 11.9 Å². The molecule has 2 unspecified atom stereocenters. The van der Waals surface area contributed by atoms with E-state index in [1.54, 1.807) is 23.5 Å². The van der Waals surface area contributed by atoms with E-state index in [0.717, 1.165) is 4.88 Å². The fraction of sp³-hybridized carbons (Fsp3) is 0.312. The summed E-state index contributed by atoms with van der Waals surface area (Å²) in [5, 5.41) is 24.0. The monoisotopic (exact) mass is 304 g/mol. The number of benzene rings is 1. The number of nitrogens with one attached hydrogen (secondary N) is 1. The lowest BCUT2D eigenvalue weighted by Crippen LogP contribution is -2.27. The van der Waals surface area contributed by atoms with Gasteiger partial charge in [0, 0.05) is 22.8 Å². The summed E-state index contributed by atoms with van der Waals surface area (Å²) in [5.74, 6) is -0.303. The molecule has 5 heteroatoms. The summed E-state index contributed by atoms with van der Waals surface area (Å²) in [5.41, 5.74) is 1.39. The summed E-state index contributed by atoms with van der Waals surface area (Å²) >= 11 is 1.54. The lowest BCUT2D eigenvalue weighted by molar-refractivity contribution is 0.154. The van der Waals surface area contributed by atoms with Gasteiger partial charge in [-0.25, -0.2) is 4.39 Å². The molecule has 2 N–H and O–H groups in total. The van der Waals surface area contributed by atoms with E-state index in [1.165, 1.54) is 12.1 Å². The summed E-state index contributed by atoms with van der Waals surface area (Å²) < 4.78 is 12.8. The zero-order chi connectivity index (χ0) is 15.2. The number of nitrogens with zero attached hydrogens (tertiary/aromatic N) is 1. The average molecular weight is 304 g/mol. The molecule has 0 aliphatic carbocycles. The van der Waals surface area contributed by atoms with Crippen LogP contribution in [0.25, 0.3) is 0 Å². The highest BCUT2D eigenvalue weighted by Crippen LogP contribution is 2.19. The van der Waals surface area contributed by atoms with E-state index in [4.69, 9.17) is 5.26 Å². The van der Waals surface area contributed by atoms with Crippen molar-refractivity contribution in [1.82, 2.24) is 5.32 Å². The van der Waals surface area contributed by atoms with E-state index in [2.05, 4.69) is 11.4 Å². The topological polar surface area (TPSA) is 56.0 Å². The van der Waals surface area contributed by atoms with Crippen LogP contribution in [0.2, 0.25) is 0 Å². The van der Waals surface area contributed by atoms with Crippen molar-refractivity contribution in [2.75, 3.05) is 0 Å². The molecule has 2 aromatic rings. The maximum absolute atomic E-state index is 12.8. The van der Waals surface area contributed by atoms with Crippen LogP contribution in [0.4, 0.5) is 4.39 Å². The van der Waals surface area contributed by atoms with Crippen LogP contribution in [-0.2, 0) is 6.54 Å². The summed E-state index contributed by atoms with van der Waals surface area (Å²) in [6.45, 7) is 2.66. The fourth-order valence-corrected chi connectivity index (χ4v) is 2.81. The van der Waals surface area contributed by atoms with Gasteiger partial charge in [-0.15, -0.1) is 11.3 Å². The van der Waals surface area contributed by atoms with Crippen LogP contribution in [-0.4, -0.2) is 11.1 Å². The van der Waals surface area contributed by atoms with Crippen LogP contribution >= 0.6 is 11.3 Å². The van der Waals surface area contributed by atoms with Gasteiger partial charge in [0.2, 0.25) is 0 Å². The molecule has 110 valence electrons. The van der Waals surface area contributed by atoms with Gasteiger partial charge in [-0.05, 0) is 37.1 Å². The summed E-state index contributed by atoms with van der Waals surface area (Å²) in [6.07, 6.45) is -0.0756. The number of halogens is 1. The summed E-state index contributed by atoms with van der Waals surface area (Å²) in [6, 6.07) is 9.99. The Morgan fingerprint density at radius 1 is 1.38 bits per heavy atom. The van der Waals surface area contributed by atoms with Crippen LogP contribution in [0.1, 0.15) is 35.5 Å². The van der Waals surface area contributed by atoms with Gasteiger partial charge in [0.25, 0.3) is 0 Å². The molecule has 1 heterocycles. The Morgan fingerprint density at radius 3 is 2.71 bits per heavy atom. The Balaban J connectivity index is 1.82. The minimum Gasteiger partial charge on any atom is -0.388 e. The Kier molecular flexibility index (Phi) is 5.45. The highest BCUT2D eigenvalue weighted by Gasteiger charge is 2.12. The lowest BCUT2D eigenvalue weighted by atomic mass is 10.0. The smallest absolute Gasteiger partial charge is 0.123 e. The van der Waals surface area contributed by atoms with Gasteiger partial charge in [0.1, 0.15) is 11.9 Å². The zero-order valence-corrected chi connectivity index (χ0v) is 12.5. The Bertz CT molecular complexity index is 618. The van der Waals surface area contributed by atoms with Crippen LogP contribution in [0.3, 0.4) is 0 Å². The van der Waals surface area contributed by atoms with E-state index in [9.17, 15) is 9.50 Å². The second-order valence-corrected chi connectivity index (χ2v) is 5.99. The third-order valence-electron chi connectivity index (χ3n) is 3.24. The quantitative estimate of drug-likeness (QED) is 0.860. The minimum atomic E-state index is -0.619. The number of hydrogen-bond acceptors (Lipinski definition) is 4. The van der Waals surface area contributed by atoms with Gasteiger partial charge in [-0.3, -0.25) is 0 Å². The minimum absolute atomic E-state index is 0.109. The Morgan fingerprint density at radius 2 is 2.10 bits per heavy atom. The van der Waals surface area contributed by atoms with Crippen molar-refractivity contribution in [1.29, 1.82) is 5.26 Å². The van der Waals surface area contributed by atoms with Crippen LogP contribution in [0, 0.1) is 17.1 Å². The van der Waals surface area contributed by atoms with Gasteiger partial charge in [-0.2, -0.15) is 5.26 Å². The first-order valence-electron chi connectivity index (χ1n) is 6.73. The molecule has 1 aromatic carbocycles. The molecule has 2 atom stereocenters. The van der Waals surface area contributed by atoms with Gasteiger partial charge in [-0.1, -0.05) is 12.1 Å². The first-order valence-corrected chi connectivity index (χ1v) is 7.61. The molecule has 2 rings (SSSR count).